The van der Waals surface area contributed by atoms with E-state index in [1.54, 1.807) is 0 Å². The largest absolute Gasteiger partial charge is 0.256 e. The van der Waals surface area contributed by atoms with E-state index < -0.39 is 0 Å². The van der Waals surface area contributed by atoms with Crippen molar-refractivity contribution < 1.29 is 0 Å². The van der Waals surface area contributed by atoms with Crippen molar-refractivity contribution in [3.05, 3.63) is 248 Å². The van der Waals surface area contributed by atoms with Gasteiger partial charge in [0.2, 0.25) is 0 Å². The summed E-state index contributed by atoms with van der Waals surface area (Å²) in [6.45, 7) is 15.8. The molecule has 0 radical (unpaired) electrons. The van der Waals surface area contributed by atoms with E-state index in [0.29, 0.717) is 0 Å². The average molecular weight is 1090 g/mol. The Morgan fingerprint density at radius 1 is 0.378 bits per heavy atom. The minimum Gasteiger partial charge on any atom is -0.256 e. The molecule has 2 aromatic heterocycles. The maximum atomic E-state index is 5.11. The first-order chi connectivity index (χ1) is 36.0. The molecule has 0 amide bonds. The maximum absolute atomic E-state index is 5.11. The van der Waals surface area contributed by atoms with Crippen LogP contribution in [0, 0.1) is 27.7 Å². The minimum atomic E-state index is -0.296. The Bertz CT molecular complexity index is 3660. The summed E-state index contributed by atoms with van der Waals surface area (Å²) in [5, 5.41) is 0. The summed E-state index contributed by atoms with van der Waals surface area (Å²) in [5.41, 5.74) is 26.9. The van der Waals surface area contributed by atoms with Crippen molar-refractivity contribution in [3.8, 4) is 89.3 Å². The molecule has 0 N–H and O–H groups in total. The van der Waals surface area contributed by atoms with Gasteiger partial charge in [-0.1, -0.05) is 222 Å². The predicted molar refractivity (Wildman–Crippen MR) is 322 cm³/mol. The van der Waals surface area contributed by atoms with Crippen LogP contribution in [0.1, 0.15) is 79.0 Å². The second-order valence-electron chi connectivity index (χ2n) is 20.0. The van der Waals surface area contributed by atoms with Crippen molar-refractivity contribution in [2.45, 2.75) is 79.6 Å². The Morgan fingerprint density at radius 2 is 0.838 bits per heavy atom. The van der Waals surface area contributed by atoms with Crippen molar-refractivity contribution in [1.82, 2.24) is 9.97 Å². The van der Waals surface area contributed by atoms with Crippen LogP contribution >= 0.6 is 31.9 Å². The van der Waals surface area contributed by atoms with Crippen LogP contribution in [0.2, 0.25) is 0 Å². The van der Waals surface area contributed by atoms with E-state index >= 15 is 0 Å². The molecule has 0 aliphatic rings. The third-order valence-corrected chi connectivity index (χ3v) is 16.4. The first-order valence-corrected chi connectivity index (χ1v) is 27.7. The van der Waals surface area contributed by atoms with Crippen molar-refractivity contribution >= 4 is 31.9 Å². The number of benzene rings is 8. The lowest BCUT2D eigenvalue weighted by atomic mass is 9.65. The summed E-state index contributed by atoms with van der Waals surface area (Å²) in [4.78, 5) is 10.2. The van der Waals surface area contributed by atoms with E-state index in [4.69, 9.17) is 9.97 Å². The molecule has 8 aromatic carbocycles. The van der Waals surface area contributed by atoms with Gasteiger partial charge in [-0.05, 0) is 167 Å². The molecule has 0 fully saturated rings. The maximum Gasteiger partial charge on any atom is 0.0705 e. The van der Waals surface area contributed by atoms with E-state index in [-0.39, 0.29) is 5.41 Å². The number of nitrogens with zero attached hydrogens (tertiary/aromatic N) is 2. The molecule has 0 aliphatic heterocycles. The smallest absolute Gasteiger partial charge is 0.0705 e. The summed E-state index contributed by atoms with van der Waals surface area (Å²) in [6.07, 6.45) is 8.15. The average Bonchev–Trinajstić information content (AvgIpc) is 3.42. The zero-order chi connectivity index (χ0) is 51.5. The third-order valence-electron chi connectivity index (χ3n) is 15.1. The normalized spacial score (nSPS) is 11.5. The second-order valence-corrected chi connectivity index (χ2v) is 21.7. The van der Waals surface area contributed by atoms with Gasteiger partial charge in [-0.2, -0.15) is 0 Å². The highest BCUT2D eigenvalue weighted by atomic mass is 79.9. The van der Waals surface area contributed by atoms with Crippen LogP contribution in [0.5, 0.6) is 0 Å². The van der Waals surface area contributed by atoms with Gasteiger partial charge in [0.15, 0.2) is 0 Å². The fourth-order valence-electron chi connectivity index (χ4n) is 11.3. The summed E-state index contributed by atoms with van der Waals surface area (Å²) in [7, 11) is 0. The van der Waals surface area contributed by atoms with Crippen molar-refractivity contribution in [2.24, 2.45) is 0 Å². The molecule has 0 unspecified atom stereocenters. The van der Waals surface area contributed by atoms with E-state index in [1.165, 1.54) is 77.9 Å². The number of aryl methyl sites for hydroxylation is 5. The van der Waals surface area contributed by atoms with Crippen LogP contribution < -0.4 is 0 Å². The van der Waals surface area contributed by atoms with Crippen molar-refractivity contribution in [1.29, 1.82) is 0 Å². The highest BCUT2D eigenvalue weighted by Gasteiger charge is 2.36. The van der Waals surface area contributed by atoms with Gasteiger partial charge in [-0.25, -0.2) is 0 Å². The molecular formula is C70H62Br2N2. The summed E-state index contributed by atoms with van der Waals surface area (Å²) in [5.74, 6) is 0. The van der Waals surface area contributed by atoms with Gasteiger partial charge >= 0.3 is 0 Å². The molecular weight excluding hydrogens is 1030 g/mol. The highest BCUT2D eigenvalue weighted by Crippen LogP contribution is 2.51. The minimum absolute atomic E-state index is 0.296. The molecule has 74 heavy (non-hydrogen) atoms. The van der Waals surface area contributed by atoms with Gasteiger partial charge in [0.05, 0.1) is 11.4 Å². The van der Waals surface area contributed by atoms with Crippen LogP contribution in [0.25, 0.3) is 89.3 Å². The standard InChI is InChI=1S/C70H62Br2N2/c1-8-18-49-19-14-22-51(38-49)53-24-16-26-55(40-53)64-44-74-68(37-48(64)7)57-30-32-60(66(72)42-57)62-28-17-27-61(69(62)70(9-2,10-3)58-34-45(4)33-46(5)35-58)59-31-29-56(41-65(59)71)67-36-47(6)63(43-73-67)54-25-15-23-52(39-54)50-20-12-11-13-21-50/h11-17,19-44H,8-10,18H2,1-7H3. The van der Waals surface area contributed by atoms with Crippen LogP contribution in [0.15, 0.2) is 209 Å². The number of aromatic nitrogens is 2. The molecule has 0 saturated heterocycles. The van der Waals surface area contributed by atoms with E-state index in [9.17, 15) is 0 Å². The predicted octanol–water partition coefficient (Wildman–Crippen LogP) is 20.6. The number of rotatable bonds is 14. The Labute approximate surface area is 455 Å². The summed E-state index contributed by atoms with van der Waals surface area (Å²) in [6, 6.07) is 69.1. The Balaban J connectivity index is 1.02. The molecule has 10 rings (SSSR count). The number of pyridine rings is 2. The molecule has 0 spiro atoms. The van der Waals surface area contributed by atoms with Crippen molar-refractivity contribution in [3.63, 3.8) is 0 Å². The Morgan fingerprint density at radius 3 is 1.32 bits per heavy atom. The summed E-state index contributed by atoms with van der Waals surface area (Å²) < 4.78 is 2.06. The lowest BCUT2D eigenvalue weighted by Crippen LogP contribution is -2.28. The van der Waals surface area contributed by atoms with Crippen LogP contribution in [-0.4, -0.2) is 9.97 Å². The second kappa shape index (κ2) is 21.9. The molecule has 0 aliphatic carbocycles. The quantitative estimate of drug-likeness (QED) is 0.108. The number of halogens is 2. The van der Waals surface area contributed by atoms with E-state index in [1.807, 2.05) is 12.4 Å². The number of hydrogen-bond acceptors (Lipinski definition) is 2. The first kappa shape index (κ1) is 50.5. The van der Waals surface area contributed by atoms with Crippen molar-refractivity contribution in [2.75, 3.05) is 0 Å². The van der Waals surface area contributed by atoms with Gasteiger partial charge in [0, 0.05) is 49.0 Å². The molecule has 10 aromatic rings. The van der Waals surface area contributed by atoms with Crippen LogP contribution in [0.4, 0.5) is 0 Å². The van der Waals surface area contributed by atoms with Gasteiger partial charge < -0.3 is 0 Å². The highest BCUT2D eigenvalue weighted by molar-refractivity contribution is 9.11. The lowest BCUT2D eigenvalue weighted by Gasteiger charge is -2.38. The number of hydrogen-bond donors (Lipinski definition) is 0. The zero-order valence-electron chi connectivity index (χ0n) is 43.5. The topological polar surface area (TPSA) is 25.8 Å². The van der Waals surface area contributed by atoms with E-state index in [2.05, 4.69) is 268 Å². The molecule has 4 heteroatoms. The van der Waals surface area contributed by atoms with E-state index in [0.717, 1.165) is 85.0 Å². The first-order valence-electron chi connectivity index (χ1n) is 26.1. The fourth-order valence-corrected chi connectivity index (χ4v) is 12.5. The van der Waals surface area contributed by atoms with Gasteiger partial charge in [0.25, 0.3) is 0 Å². The molecule has 366 valence electrons. The molecule has 0 atom stereocenters. The lowest BCUT2D eigenvalue weighted by molar-refractivity contribution is 0.480. The van der Waals surface area contributed by atoms with Crippen LogP contribution in [0.3, 0.4) is 0 Å². The monoisotopic (exact) mass is 1090 g/mol. The Kier molecular flexibility index (Phi) is 14.9. The summed E-state index contributed by atoms with van der Waals surface area (Å²) >= 11 is 8.29. The zero-order valence-corrected chi connectivity index (χ0v) is 46.7. The van der Waals surface area contributed by atoms with Gasteiger partial charge in [-0.15, -0.1) is 0 Å². The van der Waals surface area contributed by atoms with Gasteiger partial charge in [0.1, 0.15) is 0 Å². The molecule has 0 saturated carbocycles. The third kappa shape index (κ3) is 10.2. The molecule has 2 nitrogen and oxygen atoms in total. The fraction of sp³-hybridized carbons (Fsp3) is 0.171. The van der Waals surface area contributed by atoms with Crippen LogP contribution in [-0.2, 0) is 11.8 Å². The SMILES string of the molecule is CCCc1cccc(-c2cccc(-c3cnc(-c4ccc(-c5cccc(-c6ccc(-c7cc(C)c(-c8cccc(-c9ccccc9)c8)cn7)cc6Br)c5C(CC)(CC)c5cc(C)cc(C)c5)c(Br)c4)cc3C)c2)c1. The van der Waals surface area contributed by atoms with Gasteiger partial charge in [-0.3, -0.25) is 9.97 Å². The Hall–Kier alpha value is -6.98. The molecule has 2 heterocycles. The molecule has 0 bridgehead atoms.